The highest BCUT2D eigenvalue weighted by atomic mass is 32.1. The van der Waals surface area contributed by atoms with Crippen molar-refractivity contribution in [3.05, 3.63) is 59.0 Å². The Labute approximate surface area is 127 Å². The second kappa shape index (κ2) is 6.20. The third-order valence-corrected chi connectivity index (χ3v) is 4.21. The fraction of sp³-hybridized carbons (Fsp3) is 0.250. The van der Waals surface area contributed by atoms with Gasteiger partial charge < -0.3 is 9.73 Å². The number of benzene rings is 1. The summed E-state index contributed by atoms with van der Waals surface area (Å²) >= 11 is 1.61. The summed E-state index contributed by atoms with van der Waals surface area (Å²) < 4.78 is 5.61. The van der Waals surface area contributed by atoms with Crippen LogP contribution in [0.3, 0.4) is 0 Å². The van der Waals surface area contributed by atoms with Crippen LogP contribution in [0.5, 0.6) is 0 Å². The molecule has 4 nitrogen and oxygen atoms in total. The van der Waals surface area contributed by atoms with Gasteiger partial charge in [-0.1, -0.05) is 41.7 Å². The molecule has 1 N–H and O–H groups in total. The van der Waals surface area contributed by atoms with Gasteiger partial charge in [0.1, 0.15) is 21.5 Å². The summed E-state index contributed by atoms with van der Waals surface area (Å²) in [4.78, 5) is 0. The third-order valence-electron chi connectivity index (χ3n) is 3.23. The van der Waals surface area contributed by atoms with E-state index >= 15 is 0 Å². The molecule has 108 valence electrons. The molecule has 0 bridgehead atoms. The van der Waals surface area contributed by atoms with Gasteiger partial charge in [0, 0.05) is 5.56 Å². The fourth-order valence-electron chi connectivity index (χ4n) is 2.05. The van der Waals surface area contributed by atoms with Crippen LogP contribution in [0.2, 0.25) is 0 Å². The molecule has 3 rings (SSSR count). The van der Waals surface area contributed by atoms with E-state index in [9.17, 15) is 0 Å². The quantitative estimate of drug-likeness (QED) is 0.775. The summed E-state index contributed by atoms with van der Waals surface area (Å²) in [6.07, 6.45) is 0. The van der Waals surface area contributed by atoms with Crippen LogP contribution in [-0.2, 0) is 6.54 Å². The highest BCUT2D eigenvalue weighted by Gasteiger charge is 2.11. The summed E-state index contributed by atoms with van der Waals surface area (Å²) in [5.41, 5.74) is 1.11. The Morgan fingerprint density at radius 1 is 1.14 bits per heavy atom. The lowest BCUT2D eigenvalue weighted by atomic mass is 10.2. The molecule has 3 aromatic rings. The number of aromatic nitrogens is 2. The Hall–Kier alpha value is -1.98. The molecular weight excluding hydrogens is 282 g/mol. The number of nitrogens with one attached hydrogen (secondary N) is 1. The van der Waals surface area contributed by atoms with E-state index in [1.54, 1.807) is 11.3 Å². The standard InChI is InChI=1S/C16H17N3OS/c1-11-8-9-14(20-11)12(2)17-10-15-18-19-16(21-15)13-6-4-3-5-7-13/h3-9,12,17H,10H2,1-2H3. The van der Waals surface area contributed by atoms with Crippen LogP contribution in [0.25, 0.3) is 10.6 Å². The van der Waals surface area contributed by atoms with Crippen molar-refractivity contribution < 1.29 is 4.42 Å². The molecule has 0 radical (unpaired) electrons. The van der Waals surface area contributed by atoms with Crippen molar-refractivity contribution in [2.45, 2.75) is 26.4 Å². The smallest absolute Gasteiger partial charge is 0.147 e. The molecule has 0 aliphatic carbocycles. The van der Waals surface area contributed by atoms with Gasteiger partial charge in [0.2, 0.25) is 0 Å². The lowest BCUT2D eigenvalue weighted by Crippen LogP contribution is -2.17. The Kier molecular flexibility index (Phi) is 4.13. The first-order valence-corrected chi connectivity index (χ1v) is 7.71. The topological polar surface area (TPSA) is 51.0 Å². The zero-order valence-electron chi connectivity index (χ0n) is 12.0. The predicted octanol–water partition coefficient (Wildman–Crippen LogP) is 3.96. The van der Waals surface area contributed by atoms with Crippen LogP contribution in [0.1, 0.15) is 29.5 Å². The molecule has 21 heavy (non-hydrogen) atoms. The van der Waals surface area contributed by atoms with E-state index in [1.807, 2.05) is 49.4 Å². The second-order valence-electron chi connectivity index (χ2n) is 4.92. The van der Waals surface area contributed by atoms with Gasteiger partial charge >= 0.3 is 0 Å². The number of aryl methyl sites for hydroxylation is 1. The number of hydrogen-bond acceptors (Lipinski definition) is 5. The highest BCUT2D eigenvalue weighted by molar-refractivity contribution is 7.14. The van der Waals surface area contributed by atoms with Crippen molar-refractivity contribution in [3.63, 3.8) is 0 Å². The van der Waals surface area contributed by atoms with Crippen molar-refractivity contribution >= 4 is 11.3 Å². The first-order chi connectivity index (χ1) is 10.2. The normalized spacial score (nSPS) is 12.5. The van der Waals surface area contributed by atoms with Gasteiger partial charge in [-0.05, 0) is 26.0 Å². The molecule has 2 aromatic heterocycles. The van der Waals surface area contributed by atoms with Gasteiger partial charge in [0.25, 0.3) is 0 Å². The Morgan fingerprint density at radius 2 is 1.95 bits per heavy atom. The fourth-order valence-corrected chi connectivity index (χ4v) is 2.85. The lowest BCUT2D eigenvalue weighted by molar-refractivity contribution is 0.415. The molecule has 1 aromatic carbocycles. The zero-order chi connectivity index (χ0) is 14.7. The van der Waals surface area contributed by atoms with E-state index in [2.05, 4.69) is 22.4 Å². The molecule has 0 amide bonds. The minimum atomic E-state index is 0.155. The molecule has 1 atom stereocenters. The average Bonchev–Trinajstić information content (AvgIpc) is 3.15. The van der Waals surface area contributed by atoms with Gasteiger partial charge in [-0.25, -0.2) is 0 Å². The molecule has 0 aliphatic heterocycles. The highest BCUT2D eigenvalue weighted by Crippen LogP contribution is 2.23. The summed E-state index contributed by atoms with van der Waals surface area (Å²) in [5, 5.41) is 13.8. The summed E-state index contributed by atoms with van der Waals surface area (Å²) in [6, 6.07) is 14.3. The molecule has 2 heterocycles. The maximum absolute atomic E-state index is 5.61. The van der Waals surface area contributed by atoms with Gasteiger partial charge in [-0.3, -0.25) is 0 Å². The summed E-state index contributed by atoms with van der Waals surface area (Å²) in [5.74, 6) is 1.88. The van der Waals surface area contributed by atoms with Crippen LogP contribution in [0, 0.1) is 6.92 Å². The van der Waals surface area contributed by atoms with Crippen LogP contribution in [0.4, 0.5) is 0 Å². The average molecular weight is 299 g/mol. The minimum absolute atomic E-state index is 0.155. The third kappa shape index (κ3) is 3.37. The van der Waals surface area contributed by atoms with E-state index in [-0.39, 0.29) is 6.04 Å². The van der Waals surface area contributed by atoms with Crippen molar-refractivity contribution in [3.8, 4) is 10.6 Å². The van der Waals surface area contributed by atoms with Crippen molar-refractivity contribution in [1.29, 1.82) is 0 Å². The SMILES string of the molecule is Cc1ccc(C(C)NCc2nnc(-c3ccccc3)s2)o1. The van der Waals surface area contributed by atoms with Crippen molar-refractivity contribution in [2.24, 2.45) is 0 Å². The zero-order valence-corrected chi connectivity index (χ0v) is 12.9. The monoisotopic (exact) mass is 299 g/mol. The molecule has 0 spiro atoms. The van der Waals surface area contributed by atoms with E-state index < -0.39 is 0 Å². The number of nitrogens with zero attached hydrogens (tertiary/aromatic N) is 2. The molecule has 0 saturated heterocycles. The lowest BCUT2D eigenvalue weighted by Gasteiger charge is -2.09. The van der Waals surface area contributed by atoms with Crippen LogP contribution in [-0.4, -0.2) is 10.2 Å². The predicted molar refractivity (Wildman–Crippen MR) is 84.0 cm³/mol. The molecule has 0 aliphatic rings. The summed E-state index contributed by atoms with van der Waals surface area (Å²) in [6.45, 7) is 4.72. The van der Waals surface area contributed by atoms with Gasteiger partial charge in [-0.15, -0.1) is 10.2 Å². The summed E-state index contributed by atoms with van der Waals surface area (Å²) in [7, 11) is 0. The first-order valence-electron chi connectivity index (χ1n) is 6.90. The minimum Gasteiger partial charge on any atom is -0.465 e. The number of furan rings is 1. The maximum atomic E-state index is 5.61. The Morgan fingerprint density at radius 3 is 2.67 bits per heavy atom. The van der Waals surface area contributed by atoms with Crippen LogP contribution >= 0.6 is 11.3 Å². The number of rotatable bonds is 5. The van der Waals surface area contributed by atoms with E-state index in [0.717, 1.165) is 27.1 Å². The van der Waals surface area contributed by atoms with Gasteiger partial charge in [-0.2, -0.15) is 0 Å². The molecular formula is C16H17N3OS. The molecule has 0 saturated carbocycles. The van der Waals surface area contributed by atoms with Gasteiger partial charge in [0.15, 0.2) is 0 Å². The van der Waals surface area contributed by atoms with Crippen molar-refractivity contribution in [1.82, 2.24) is 15.5 Å². The Bertz CT molecular complexity index is 705. The second-order valence-corrected chi connectivity index (χ2v) is 5.98. The molecule has 1 unspecified atom stereocenters. The van der Waals surface area contributed by atoms with E-state index in [0.29, 0.717) is 6.54 Å². The van der Waals surface area contributed by atoms with Crippen LogP contribution < -0.4 is 5.32 Å². The largest absolute Gasteiger partial charge is 0.465 e. The van der Waals surface area contributed by atoms with Crippen LogP contribution in [0.15, 0.2) is 46.9 Å². The van der Waals surface area contributed by atoms with E-state index in [4.69, 9.17) is 4.42 Å². The Balaban J connectivity index is 1.63. The first kappa shape index (κ1) is 14.0. The molecule has 5 heteroatoms. The number of hydrogen-bond donors (Lipinski definition) is 1. The van der Waals surface area contributed by atoms with Crippen molar-refractivity contribution in [2.75, 3.05) is 0 Å². The maximum Gasteiger partial charge on any atom is 0.147 e. The molecule has 0 fully saturated rings. The van der Waals surface area contributed by atoms with Gasteiger partial charge in [0.05, 0.1) is 12.6 Å². The van der Waals surface area contributed by atoms with E-state index in [1.165, 1.54) is 0 Å².